The molecule has 8 nitrogen and oxygen atoms in total. The maximum atomic E-state index is 6.15. The van der Waals surface area contributed by atoms with Crippen LogP contribution in [0.3, 0.4) is 0 Å². The minimum Gasteiger partial charge on any atom is -0.355 e. The van der Waals surface area contributed by atoms with Gasteiger partial charge in [-0.15, -0.1) is 22.7 Å². The van der Waals surface area contributed by atoms with Crippen molar-refractivity contribution in [1.29, 1.82) is 0 Å². The third kappa shape index (κ3) is 11.2. The number of hydrogen-bond donors (Lipinski definition) is 1. The van der Waals surface area contributed by atoms with Crippen molar-refractivity contribution in [2.45, 2.75) is 0 Å². The second-order valence-electron chi connectivity index (χ2n) is 30.5. The molecule has 1 N–H and O–H groups in total. The van der Waals surface area contributed by atoms with Crippen molar-refractivity contribution in [2.24, 2.45) is 0 Å². The molecule has 0 fully saturated rings. The molecule has 0 bridgehead atoms. The van der Waals surface area contributed by atoms with Gasteiger partial charge in [-0.2, -0.15) is 0 Å². The highest BCUT2D eigenvalue weighted by molar-refractivity contribution is 7.26. The summed E-state index contributed by atoms with van der Waals surface area (Å²) in [6, 6.07) is 139. The largest absolute Gasteiger partial charge is 0.355 e. The van der Waals surface area contributed by atoms with E-state index in [0.29, 0.717) is 5.95 Å². The molecule has 0 saturated heterocycles. The fourth-order valence-electron chi connectivity index (χ4n) is 18.6. The van der Waals surface area contributed by atoms with E-state index in [9.17, 15) is 0 Å². The lowest BCUT2D eigenvalue weighted by atomic mass is 9.94. The van der Waals surface area contributed by atoms with E-state index in [1.807, 2.05) is 46.9 Å². The Kier molecular flexibility index (Phi) is 15.9. The Morgan fingerprint density at radius 3 is 1.14 bits per heavy atom. The molecule has 0 spiro atoms. The van der Waals surface area contributed by atoms with Gasteiger partial charge in [0.25, 0.3) is 0 Å². The van der Waals surface area contributed by atoms with Crippen LogP contribution in [0.2, 0.25) is 5.28 Å². The van der Waals surface area contributed by atoms with Gasteiger partial charge < -0.3 is 14.1 Å². The predicted molar refractivity (Wildman–Crippen MR) is 505 cm³/mol. The van der Waals surface area contributed by atoms with E-state index >= 15 is 0 Å². The van der Waals surface area contributed by atoms with Crippen LogP contribution in [0.15, 0.2) is 388 Å². The molecule has 11 heteroatoms. The third-order valence-corrected chi connectivity index (χ3v) is 26.3. The van der Waals surface area contributed by atoms with Gasteiger partial charge in [-0.05, 0) is 178 Å². The van der Waals surface area contributed by atoms with Crippen LogP contribution in [0.4, 0.5) is 0 Å². The minimum atomic E-state index is 0.277. The molecule has 26 aromatic rings. The number of fused-ring (bicyclic) bond motifs is 24. The van der Waals surface area contributed by atoms with Crippen LogP contribution < -0.4 is 0 Å². The highest BCUT2D eigenvalue weighted by atomic mass is 35.5. The summed E-state index contributed by atoms with van der Waals surface area (Å²) in [6.45, 7) is 0. The summed E-state index contributed by atoms with van der Waals surface area (Å²) in [5.41, 5.74) is 22.4. The zero-order valence-electron chi connectivity index (χ0n) is 63.8. The van der Waals surface area contributed by atoms with Gasteiger partial charge in [0, 0.05) is 139 Å². The van der Waals surface area contributed by atoms with Crippen LogP contribution in [0.25, 0.3) is 233 Å². The van der Waals surface area contributed by atoms with Crippen molar-refractivity contribution < 1.29 is 0 Å². The SMILES string of the molecule is Clc1nc(-c2ccc3sc4ccccc4c3c2)c2ccccc2n1.c1ccc(-n2c3ccccc3c3cc(-c4ccc5[nH]c6ccccc6c5c4)c4ccccc4c32)cc1.c1ccc(-n2c3ccccc3c3cc(-c4ccc5c(c4)c4ccccc4n5-c4nc(-c5ccc6sc7ccccc7c6c5)c5ccccc5n4)c4ccccc4c32)cc1. The number of benzene rings is 18. The summed E-state index contributed by atoms with van der Waals surface area (Å²) in [4.78, 5) is 23.1. The fraction of sp³-hybridized carbons (Fsp3) is 0. The molecule has 0 atom stereocenters. The molecule has 119 heavy (non-hydrogen) atoms. The molecule has 26 rings (SSSR count). The van der Waals surface area contributed by atoms with Gasteiger partial charge in [-0.1, -0.05) is 255 Å². The topological polar surface area (TPSA) is 82.1 Å². The molecule has 0 aliphatic rings. The molecule has 556 valence electrons. The predicted octanol–water partition coefficient (Wildman–Crippen LogP) is 30.2. The first-order valence-corrected chi connectivity index (χ1v) is 42.0. The lowest BCUT2D eigenvalue weighted by Gasteiger charge is -2.13. The smallest absolute Gasteiger partial charge is 0.235 e. The highest BCUT2D eigenvalue weighted by Crippen LogP contribution is 2.47. The monoisotopic (exact) mass is 1570 g/mol. The maximum Gasteiger partial charge on any atom is 0.235 e. The molecule has 8 heterocycles. The van der Waals surface area contributed by atoms with Gasteiger partial charge in [0.1, 0.15) is 0 Å². The van der Waals surface area contributed by atoms with Gasteiger partial charge in [-0.25, -0.2) is 19.9 Å². The average molecular weight is 1570 g/mol. The van der Waals surface area contributed by atoms with Gasteiger partial charge in [0.15, 0.2) is 0 Å². The van der Waals surface area contributed by atoms with Crippen molar-refractivity contribution in [2.75, 3.05) is 0 Å². The zero-order chi connectivity index (χ0) is 78.3. The summed E-state index contributed by atoms with van der Waals surface area (Å²) in [7, 11) is 0. The molecule has 0 amide bonds. The average Bonchev–Trinajstić information content (AvgIpc) is 1.57. The van der Waals surface area contributed by atoms with Gasteiger partial charge in [0.2, 0.25) is 11.2 Å². The first kappa shape index (κ1) is 68.5. The number of halogens is 1. The lowest BCUT2D eigenvalue weighted by molar-refractivity contribution is 1.01. The molecular weight excluding hydrogens is 1510 g/mol. The molecule has 0 unspecified atom stereocenters. The first-order valence-electron chi connectivity index (χ1n) is 40.0. The van der Waals surface area contributed by atoms with Crippen molar-refractivity contribution in [1.82, 2.24) is 38.6 Å². The Balaban J connectivity index is 0.000000113. The van der Waals surface area contributed by atoms with E-state index in [1.54, 1.807) is 0 Å². The number of nitrogens with one attached hydrogen (secondary N) is 1. The number of para-hydroxylation sites is 8. The summed E-state index contributed by atoms with van der Waals surface area (Å²) < 4.78 is 12.2. The number of nitrogens with zero attached hydrogens (tertiary/aromatic N) is 7. The van der Waals surface area contributed by atoms with Crippen molar-refractivity contribution >= 4 is 205 Å². The second kappa shape index (κ2) is 27.7. The number of H-pyrrole nitrogens is 1. The third-order valence-electron chi connectivity index (χ3n) is 23.8. The van der Waals surface area contributed by atoms with E-state index in [1.165, 1.54) is 166 Å². The lowest BCUT2D eigenvalue weighted by Crippen LogP contribution is -2.03. The summed E-state index contributed by atoms with van der Waals surface area (Å²) >= 11 is 9.80. The molecule has 8 aromatic heterocycles. The number of aromatic nitrogens is 8. The second-order valence-corrected chi connectivity index (χ2v) is 33.0. The molecule has 18 aromatic carbocycles. The van der Waals surface area contributed by atoms with E-state index in [0.717, 1.165) is 61.0 Å². The maximum absolute atomic E-state index is 6.15. The molecule has 0 radical (unpaired) electrons. The number of rotatable bonds is 7. The summed E-state index contributed by atoms with van der Waals surface area (Å²) in [5.74, 6) is 0.661. The molecule has 0 aliphatic heterocycles. The van der Waals surface area contributed by atoms with Crippen LogP contribution in [-0.4, -0.2) is 38.6 Å². The van der Waals surface area contributed by atoms with Crippen molar-refractivity contribution in [3.63, 3.8) is 0 Å². The van der Waals surface area contributed by atoms with Gasteiger partial charge >= 0.3 is 0 Å². The van der Waals surface area contributed by atoms with E-state index in [-0.39, 0.29) is 5.28 Å². The Hall–Kier alpha value is -14.9. The number of aromatic amines is 1. The van der Waals surface area contributed by atoms with Gasteiger partial charge in [-0.3, -0.25) is 4.57 Å². The normalized spacial score (nSPS) is 11.9. The van der Waals surface area contributed by atoms with Crippen LogP contribution in [0.1, 0.15) is 0 Å². The van der Waals surface area contributed by atoms with Crippen LogP contribution in [-0.2, 0) is 0 Å². The Labute approximate surface area is 694 Å². The number of thiophene rings is 2. The minimum absolute atomic E-state index is 0.277. The Morgan fingerprint density at radius 1 is 0.227 bits per heavy atom. The van der Waals surface area contributed by atoms with Crippen molar-refractivity contribution in [3.8, 4) is 62.1 Å². The van der Waals surface area contributed by atoms with Crippen molar-refractivity contribution in [3.05, 3.63) is 394 Å². The van der Waals surface area contributed by atoms with Crippen LogP contribution in [0, 0.1) is 0 Å². The highest BCUT2D eigenvalue weighted by Gasteiger charge is 2.24. The standard InChI is InChI=1S/C54H32N4S.C34H22N2.C20H11ClN2S/c1-2-14-35(15-3-1)57-47-23-11-8-18-38(47)45-32-42(36-16-4-5-20-40(36)53(45)57)33-26-28-49-43(30-33)37-17-7-12-24-48(37)58(49)54-55-46-22-10-6-21-41(46)52(56-54)34-27-29-51-44(31-34)39-19-9-13-25-50(39)59-51;1-2-10-23(11-3-1)36-33-17-9-7-14-26(33)30-21-28(24-12-4-5-15-27(24)34(30)36)22-18-19-32-29(20-22)25-13-6-8-16-31(25)35-32;21-20-22-16-7-3-1-6-14(16)19(23-20)12-9-10-18-15(11-12)13-5-2-4-8-17(13)24-18/h1-32H;1-21,35H;1-11H. The molecule has 0 aliphatic carbocycles. The first-order chi connectivity index (χ1) is 58.9. The van der Waals surface area contributed by atoms with E-state index in [4.69, 9.17) is 21.6 Å². The van der Waals surface area contributed by atoms with E-state index in [2.05, 4.69) is 393 Å². The number of hydrogen-bond acceptors (Lipinski definition) is 6. The quantitative estimate of drug-likeness (QED) is 0.161. The molecular formula is C108H65ClN8S2. The zero-order valence-corrected chi connectivity index (χ0v) is 66.2. The Bertz CT molecular complexity index is 8670. The fourth-order valence-corrected chi connectivity index (χ4v) is 20.9. The summed E-state index contributed by atoms with van der Waals surface area (Å²) in [5, 5.41) is 22.3. The Morgan fingerprint density at radius 2 is 0.597 bits per heavy atom. The van der Waals surface area contributed by atoms with Gasteiger partial charge in [0.05, 0.1) is 55.5 Å². The van der Waals surface area contributed by atoms with E-state index < -0.39 is 0 Å². The summed E-state index contributed by atoms with van der Waals surface area (Å²) in [6.07, 6.45) is 0. The van der Waals surface area contributed by atoms with Crippen LogP contribution in [0.5, 0.6) is 0 Å². The van der Waals surface area contributed by atoms with Crippen LogP contribution >= 0.6 is 34.3 Å². The molecule has 0 saturated carbocycles.